The van der Waals surface area contributed by atoms with Gasteiger partial charge >= 0.3 is 6.09 Å². The van der Waals surface area contributed by atoms with E-state index in [4.69, 9.17) is 4.74 Å². The van der Waals surface area contributed by atoms with E-state index in [-0.39, 0.29) is 17.3 Å². The molecule has 0 N–H and O–H groups in total. The van der Waals surface area contributed by atoms with E-state index < -0.39 is 11.6 Å². The topological polar surface area (TPSA) is 46.6 Å². The third-order valence-corrected chi connectivity index (χ3v) is 5.62. The van der Waals surface area contributed by atoms with Gasteiger partial charge in [-0.05, 0) is 50.3 Å². The number of ether oxygens (including phenoxy) is 1. The predicted octanol–water partition coefficient (Wildman–Crippen LogP) is 4.86. The molecule has 1 saturated heterocycles. The van der Waals surface area contributed by atoms with E-state index in [1.165, 1.54) is 0 Å². The van der Waals surface area contributed by atoms with Gasteiger partial charge in [0.05, 0.1) is 6.04 Å². The normalized spacial score (nSPS) is 20.5. The lowest BCUT2D eigenvalue weighted by molar-refractivity contribution is -0.123. The molecule has 0 aromatic heterocycles. The first kappa shape index (κ1) is 18.7. The van der Waals surface area contributed by atoms with Gasteiger partial charge < -0.3 is 4.74 Å². The van der Waals surface area contributed by atoms with Crippen LogP contribution in [0.25, 0.3) is 11.1 Å². The largest absolute Gasteiger partial charge is 0.444 e. The zero-order valence-corrected chi connectivity index (χ0v) is 16.8. The third kappa shape index (κ3) is 3.68. The summed E-state index contributed by atoms with van der Waals surface area (Å²) in [6, 6.07) is 18.0. The lowest BCUT2D eigenvalue weighted by Gasteiger charge is -2.28. The number of amides is 1. The number of likely N-dealkylation sites (tertiary alicyclic amines) is 1. The van der Waals surface area contributed by atoms with Gasteiger partial charge in [0, 0.05) is 18.4 Å². The average Bonchev–Trinajstić information content (AvgIpc) is 3.39. The Hall–Kier alpha value is -2.62. The van der Waals surface area contributed by atoms with Crippen molar-refractivity contribution in [3.8, 4) is 11.1 Å². The van der Waals surface area contributed by atoms with Crippen LogP contribution in [0.3, 0.4) is 0 Å². The maximum atomic E-state index is 13.1. The summed E-state index contributed by atoms with van der Waals surface area (Å²) < 4.78 is 5.59. The van der Waals surface area contributed by atoms with Crippen molar-refractivity contribution in [1.82, 2.24) is 4.90 Å². The molecule has 2 aliphatic rings. The van der Waals surface area contributed by atoms with Gasteiger partial charge in [0.2, 0.25) is 0 Å². The minimum Gasteiger partial charge on any atom is -0.444 e. The van der Waals surface area contributed by atoms with Crippen LogP contribution in [0.5, 0.6) is 0 Å². The molecule has 28 heavy (non-hydrogen) atoms. The molecular weight excluding hydrogens is 350 g/mol. The van der Waals surface area contributed by atoms with E-state index in [1.54, 1.807) is 4.90 Å². The van der Waals surface area contributed by atoms with Gasteiger partial charge in [0.1, 0.15) is 5.60 Å². The molecule has 2 fully saturated rings. The van der Waals surface area contributed by atoms with Crippen molar-refractivity contribution in [2.45, 2.75) is 51.7 Å². The quantitative estimate of drug-likeness (QED) is 0.767. The molecule has 146 valence electrons. The summed E-state index contributed by atoms with van der Waals surface area (Å²) in [5.74, 6) is 0.198. The Morgan fingerprint density at radius 3 is 2.39 bits per heavy atom. The van der Waals surface area contributed by atoms with E-state index in [1.807, 2.05) is 51.1 Å². The van der Waals surface area contributed by atoms with Gasteiger partial charge in [-0.3, -0.25) is 9.69 Å². The third-order valence-electron chi connectivity index (χ3n) is 5.62. The van der Waals surface area contributed by atoms with Crippen LogP contribution < -0.4 is 0 Å². The molecule has 4 rings (SSSR count). The maximum absolute atomic E-state index is 13.1. The zero-order valence-electron chi connectivity index (χ0n) is 16.8. The van der Waals surface area contributed by atoms with Gasteiger partial charge in [0.25, 0.3) is 0 Å². The van der Waals surface area contributed by atoms with Crippen molar-refractivity contribution < 1.29 is 14.3 Å². The fourth-order valence-electron chi connectivity index (χ4n) is 4.01. The number of carbonyl (C=O) groups is 2. The fourth-order valence-corrected chi connectivity index (χ4v) is 4.01. The second-order valence-electron chi connectivity index (χ2n) is 9.04. The number of hydrogen-bond donors (Lipinski definition) is 0. The van der Waals surface area contributed by atoms with Gasteiger partial charge in [-0.1, -0.05) is 54.6 Å². The molecule has 0 bridgehead atoms. The summed E-state index contributed by atoms with van der Waals surface area (Å²) in [5.41, 5.74) is 2.43. The van der Waals surface area contributed by atoms with Crippen molar-refractivity contribution in [2.24, 2.45) is 5.41 Å². The van der Waals surface area contributed by atoms with Gasteiger partial charge in [0.15, 0.2) is 5.78 Å². The van der Waals surface area contributed by atoms with Crippen molar-refractivity contribution >= 4 is 11.9 Å². The first-order valence-electron chi connectivity index (χ1n) is 9.96. The van der Waals surface area contributed by atoms with Crippen LogP contribution in [-0.2, 0) is 16.0 Å². The standard InChI is InChI=1S/C24H27NO3/c1-23(2,3)28-22(27)25-16-24(12-13-24)21(26)20(25)15-17-8-7-11-19(14-17)18-9-5-4-6-10-18/h4-11,14,20H,12-13,15-16H2,1-3H3. The predicted molar refractivity (Wildman–Crippen MR) is 109 cm³/mol. The molecule has 1 saturated carbocycles. The van der Waals surface area contributed by atoms with Crippen LogP contribution in [0.15, 0.2) is 54.6 Å². The lowest BCUT2D eigenvalue weighted by atomic mass is 9.95. The molecule has 0 radical (unpaired) electrons. The van der Waals surface area contributed by atoms with Crippen LogP contribution in [0.2, 0.25) is 0 Å². The van der Waals surface area contributed by atoms with Crippen molar-refractivity contribution in [2.75, 3.05) is 6.54 Å². The second-order valence-corrected chi connectivity index (χ2v) is 9.04. The van der Waals surface area contributed by atoms with E-state index in [9.17, 15) is 9.59 Å². The summed E-state index contributed by atoms with van der Waals surface area (Å²) in [6.45, 7) is 6.06. The SMILES string of the molecule is CC(C)(C)OC(=O)N1CC2(CC2)C(=O)C1Cc1cccc(-c2ccccc2)c1. The molecule has 1 heterocycles. The van der Waals surface area contributed by atoms with Crippen LogP contribution in [-0.4, -0.2) is 35.0 Å². The molecule has 1 spiro atoms. The summed E-state index contributed by atoms with van der Waals surface area (Å²) in [4.78, 5) is 27.5. The van der Waals surface area contributed by atoms with Crippen molar-refractivity contribution in [3.05, 3.63) is 60.2 Å². The minimum atomic E-state index is -0.572. The van der Waals surface area contributed by atoms with E-state index >= 15 is 0 Å². The van der Waals surface area contributed by atoms with Crippen molar-refractivity contribution in [3.63, 3.8) is 0 Å². The van der Waals surface area contributed by atoms with Crippen LogP contribution in [0.4, 0.5) is 4.79 Å². The number of carbonyl (C=O) groups excluding carboxylic acids is 2. The van der Waals surface area contributed by atoms with E-state index in [0.717, 1.165) is 29.5 Å². The molecule has 1 aliphatic carbocycles. The minimum absolute atomic E-state index is 0.198. The van der Waals surface area contributed by atoms with Gasteiger partial charge in [-0.25, -0.2) is 4.79 Å². The summed E-state index contributed by atoms with van der Waals surface area (Å²) in [5, 5.41) is 0. The Labute approximate surface area is 166 Å². The van der Waals surface area contributed by atoms with E-state index in [0.29, 0.717) is 13.0 Å². The number of Topliss-reactive ketones (excluding diaryl/α,β-unsaturated/α-hetero) is 1. The number of nitrogens with zero attached hydrogens (tertiary/aromatic N) is 1. The van der Waals surface area contributed by atoms with Crippen LogP contribution in [0.1, 0.15) is 39.2 Å². The second kappa shape index (κ2) is 6.77. The molecular formula is C24H27NO3. The van der Waals surface area contributed by atoms with Crippen molar-refractivity contribution in [1.29, 1.82) is 0 Å². The molecule has 1 amide bonds. The monoisotopic (exact) mass is 377 g/mol. The molecule has 1 aliphatic heterocycles. The molecule has 2 aromatic carbocycles. The Bertz CT molecular complexity index is 894. The molecule has 1 unspecified atom stereocenters. The Kier molecular flexibility index (Phi) is 4.53. The lowest BCUT2D eigenvalue weighted by Crippen LogP contribution is -2.42. The number of benzene rings is 2. The smallest absolute Gasteiger partial charge is 0.410 e. The Morgan fingerprint density at radius 1 is 1.07 bits per heavy atom. The van der Waals surface area contributed by atoms with Crippen LogP contribution in [0, 0.1) is 5.41 Å². The first-order chi connectivity index (χ1) is 13.3. The number of rotatable bonds is 3. The summed E-state index contributed by atoms with van der Waals surface area (Å²) >= 11 is 0. The average molecular weight is 377 g/mol. The van der Waals surface area contributed by atoms with E-state index in [2.05, 4.69) is 24.3 Å². The highest BCUT2D eigenvalue weighted by Gasteiger charge is 2.60. The molecule has 2 aromatic rings. The number of hydrogen-bond acceptors (Lipinski definition) is 3. The summed E-state index contributed by atoms with van der Waals surface area (Å²) in [6.07, 6.45) is 1.91. The Morgan fingerprint density at radius 2 is 1.75 bits per heavy atom. The fraction of sp³-hybridized carbons (Fsp3) is 0.417. The molecule has 4 heteroatoms. The number of ketones is 1. The Balaban J connectivity index is 1.58. The van der Waals surface area contributed by atoms with Crippen LogP contribution >= 0.6 is 0 Å². The molecule has 1 atom stereocenters. The maximum Gasteiger partial charge on any atom is 0.410 e. The van der Waals surface area contributed by atoms with Gasteiger partial charge in [-0.2, -0.15) is 0 Å². The van der Waals surface area contributed by atoms with Gasteiger partial charge in [-0.15, -0.1) is 0 Å². The zero-order chi connectivity index (χ0) is 19.9. The highest BCUT2D eigenvalue weighted by Crippen LogP contribution is 2.53. The highest BCUT2D eigenvalue weighted by atomic mass is 16.6. The first-order valence-corrected chi connectivity index (χ1v) is 9.96. The summed E-state index contributed by atoms with van der Waals surface area (Å²) in [7, 11) is 0. The highest BCUT2D eigenvalue weighted by molar-refractivity contribution is 5.97. The molecule has 4 nitrogen and oxygen atoms in total.